The van der Waals surface area contributed by atoms with Crippen LogP contribution in [-0.4, -0.2) is 24.2 Å². The molecule has 1 aromatic carbocycles. The predicted octanol–water partition coefficient (Wildman–Crippen LogP) is 2.70. The van der Waals surface area contributed by atoms with Gasteiger partial charge in [0.25, 0.3) is 0 Å². The van der Waals surface area contributed by atoms with Crippen LogP contribution in [0.15, 0.2) is 12.1 Å². The van der Waals surface area contributed by atoms with E-state index in [1.807, 2.05) is 0 Å². The molecule has 1 aromatic rings. The first-order valence-electron chi connectivity index (χ1n) is 5.33. The normalized spacial score (nSPS) is 22.4. The zero-order chi connectivity index (χ0) is 12.7. The van der Waals surface area contributed by atoms with Crippen molar-refractivity contribution >= 4 is 23.3 Å². The Hall–Kier alpha value is -1.29. The van der Waals surface area contributed by atoms with Crippen molar-refractivity contribution in [3.05, 3.63) is 28.5 Å². The molecule has 0 aliphatic heterocycles. The maximum atomic E-state index is 13.5. The Kier molecular flexibility index (Phi) is 3.00. The van der Waals surface area contributed by atoms with Crippen LogP contribution in [0.4, 0.5) is 10.1 Å². The molecule has 0 aromatic heterocycles. The summed E-state index contributed by atoms with van der Waals surface area (Å²) in [5.74, 6) is -1.52. The summed E-state index contributed by atoms with van der Waals surface area (Å²) >= 11 is 6.04. The zero-order valence-corrected chi connectivity index (χ0v) is 10.3. The number of hydrogen-bond acceptors (Lipinski definition) is 2. The van der Waals surface area contributed by atoms with Crippen LogP contribution >= 0.6 is 11.6 Å². The van der Waals surface area contributed by atoms with Gasteiger partial charge in [0.15, 0.2) is 0 Å². The van der Waals surface area contributed by atoms with Gasteiger partial charge in [0.2, 0.25) is 0 Å². The van der Waals surface area contributed by atoms with Crippen molar-refractivity contribution in [1.82, 2.24) is 0 Å². The minimum atomic E-state index is -0.814. The van der Waals surface area contributed by atoms with Crippen LogP contribution in [0.5, 0.6) is 0 Å². The molecular weight excluding hydrogens is 245 g/mol. The quantitative estimate of drug-likeness (QED) is 0.905. The smallest absolute Gasteiger partial charge is 0.308 e. The summed E-state index contributed by atoms with van der Waals surface area (Å²) in [6.45, 7) is 1.64. The Morgan fingerprint density at radius 1 is 1.59 bits per heavy atom. The third kappa shape index (κ3) is 2.22. The number of aryl methyl sites for hydroxylation is 1. The topological polar surface area (TPSA) is 40.5 Å². The fraction of sp³-hybridized carbons (Fsp3) is 0.417. The van der Waals surface area contributed by atoms with Crippen LogP contribution in [0.25, 0.3) is 0 Å². The molecule has 1 N–H and O–H groups in total. The number of carboxylic acid groups (broad SMARTS) is 1. The molecular formula is C12H13ClFNO2. The van der Waals surface area contributed by atoms with E-state index in [-0.39, 0.29) is 17.8 Å². The average molecular weight is 258 g/mol. The van der Waals surface area contributed by atoms with Crippen LogP contribution in [0, 0.1) is 18.7 Å². The lowest BCUT2D eigenvalue weighted by molar-refractivity contribution is -0.138. The highest BCUT2D eigenvalue weighted by atomic mass is 35.5. The SMILES string of the molecule is Cc1cc(Cl)c(N(C)C2CC2C(=O)O)cc1F. The number of benzene rings is 1. The molecule has 1 aliphatic rings. The van der Waals surface area contributed by atoms with E-state index >= 15 is 0 Å². The van der Waals surface area contributed by atoms with Crippen molar-refractivity contribution < 1.29 is 14.3 Å². The molecule has 1 fully saturated rings. The maximum Gasteiger partial charge on any atom is 0.308 e. The molecule has 0 spiro atoms. The Bertz CT molecular complexity index is 478. The van der Waals surface area contributed by atoms with Gasteiger partial charge in [-0.15, -0.1) is 0 Å². The molecule has 0 heterocycles. The van der Waals surface area contributed by atoms with Crippen LogP contribution in [0.3, 0.4) is 0 Å². The number of aliphatic carboxylic acids is 1. The summed E-state index contributed by atoms with van der Waals surface area (Å²) in [7, 11) is 1.74. The van der Waals surface area contributed by atoms with Crippen molar-refractivity contribution in [2.45, 2.75) is 19.4 Å². The summed E-state index contributed by atoms with van der Waals surface area (Å²) in [6.07, 6.45) is 0.581. The first-order chi connectivity index (χ1) is 7.91. The Labute approximate surface area is 104 Å². The first-order valence-corrected chi connectivity index (χ1v) is 5.71. The Morgan fingerprint density at radius 3 is 2.76 bits per heavy atom. The van der Waals surface area contributed by atoms with Crippen molar-refractivity contribution in [2.24, 2.45) is 5.92 Å². The van der Waals surface area contributed by atoms with E-state index in [2.05, 4.69) is 0 Å². The number of rotatable bonds is 3. The van der Waals surface area contributed by atoms with Gasteiger partial charge in [-0.05, 0) is 31.0 Å². The second-order valence-electron chi connectivity index (χ2n) is 4.41. The third-order valence-electron chi connectivity index (χ3n) is 3.18. The summed E-state index contributed by atoms with van der Waals surface area (Å²) in [6, 6.07) is 2.82. The number of hydrogen-bond donors (Lipinski definition) is 1. The highest BCUT2D eigenvalue weighted by Crippen LogP contribution is 2.40. The van der Waals surface area contributed by atoms with Gasteiger partial charge < -0.3 is 10.0 Å². The minimum absolute atomic E-state index is 0.0906. The Balaban J connectivity index is 2.24. The standard InChI is InChI=1S/C12H13ClFNO2/c1-6-3-8(13)11(5-9(6)14)15(2)10-4-7(10)12(16)17/h3,5,7,10H,4H2,1-2H3,(H,16,17). The van der Waals surface area contributed by atoms with Crippen LogP contribution in [-0.2, 0) is 4.79 Å². The van der Waals surface area contributed by atoms with E-state index in [1.54, 1.807) is 24.9 Å². The van der Waals surface area contributed by atoms with E-state index in [4.69, 9.17) is 16.7 Å². The average Bonchev–Trinajstić information content (AvgIpc) is 3.02. The van der Waals surface area contributed by atoms with E-state index < -0.39 is 5.97 Å². The second kappa shape index (κ2) is 4.18. The van der Waals surface area contributed by atoms with Crippen LogP contribution in [0.2, 0.25) is 5.02 Å². The molecule has 0 bridgehead atoms. The largest absolute Gasteiger partial charge is 0.481 e. The lowest BCUT2D eigenvalue weighted by atomic mass is 10.2. The van der Waals surface area contributed by atoms with Gasteiger partial charge in [-0.1, -0.05) is 11.6 Å². The van der Waals surface area contributed by atoms with E-state index in [0.29, 0.717) is 22.7 Å². The number of halogens is 2. The minimum Gasteiger partial charge on any atom is -0.481 e. The van der Waals surface area contributed by atoms with Crippen LogP contribution in [0.1, 0.15) is 12.0 Å². The fourth-order valence-electron chi connectivity index (χ4n) is 1.96. The maximum absolute atomic E-state index is 13.5. The zero-order valence-electron chi connectivity index (χ0n) is 9.58. The van der Waals surface area contributed by atoms with Crippen molar-refractivity contribution in [3.8, 4) is 0 Å². The molecule has 0 radical (unpaired) electrons. The third-order valence-corrected chi connectivity index (χ3v) is 3.48. The molecule has 17 heavy (non-hydrogen) atoms. The lowest BCUT2D eigenvalue weighted by Crippen LogP contribution is -2.24. The van der Waals surface area contributed by atoms with Gasteiger partial charge in [-0.25, -0.2) is 4.39 Å². The van der Waals surface area contributed by atoms with Gasteiger partial charge in [0.05, 0.1) is 16.6 Å². The van der Waals surface area contributed by atoms with Crippen LogP contribution < -0.4 is 4.90 Å². The van der Waals surface area contributed by atoms with Crippen molar-refractivity contribution in [2.75, 3.05) is 11.9 Å². The van der Waals surface area contributed by atoms with Crippen molar-refractivity contribution in [3.63, 3.8) is 0 Å². The molecule has 5 heteroatoms. The van der Waals surface area contributed by atoms with Gasteiger partial charge in [0.1, 0.15) is 5.82 Å². The van der Waals surface area contributed by atoms with Gasteiger partial charge >= 0.3 is 5.97 Å². The van der Waals surface area contributed by atoms with E-state index in [1.165, 1.54) is 6.07 Å². The van der Waals surface area contributed by atoms with Gasteiger partial charge in [-0.2, -0.15) is 0 Å². The number of anilines is 1. The molecule has 0 saturated heterocycles. The second-order valence-corrected chi connectivity index (χ2v) is 4.82. The molecule has 92 valence electrons. The van der Waals surface area contributed by atoms with Gasteiger partial charge in [-0.3, -0.25) is 4.79 Å². The number of carbonyl (C=O) groups is 1. The fourth-order valence-corrected chi connectivity index (χ4v) is 2.31. The molecule has 2 rings (SSSR count). The number of carboxylic acids is 1. The van der Waals surface area contributed by atoms with E-state index in [0.717, 1.165) is 0 Å². The highest BCUT2D eigenvalue weighted by molar-refractivity contribution is 6.33. The van der Waals surface area contributed by atoms with Gasteiger partial charge in [0, 0.05) is 13.1 Å². The monoisotopic (exact) mass is 257 g/mol. The van der Waals surface area contributed by atoms with E-state index in [9.17, 15) is 9.18 Å². The van der Waals surface area contributed by atoms with Crippen molar-refractivity contribution in [1.29, 1.82) is 0 Å². The molecule has 0 amide bonds. The molecule has 1 saturated carbocycles. The number of nitrogens with zero attached hydrogens (tertiary/aromatic N) is 1. The summed E-state index contributed by atoms with van der Waals surface area (Å²) < 4.78 is 13.5. The highest BCUT2D eigenvalue weighted by Gasteiger charge is 2.46. The Morgan fingerprint density at radius 2 is 2.24 bits per heavy atom. The molecule has 2 atom stereocenters. The summed E-state index contributed by atoms with van der Waals surface area (Å²) in [5, 5.41) is 9.30. The summed E-state index contributed by atoms with van der Waals surface area (Å²) in [5.41, 5.74) is 1.03. The lowest BCUT2D eigenvalue weighted by Gasteiger charge is -2.21. The predicted molar refractivity (Wildman–Crippen MR) is 64.1 cm³/mol. The molecule has 3 nitrogen and oxygen atoms in total. The molecule has 1 aliphatic carbocycles. The molecule has 2 unspecified atom stereocenters. The first kappa shape index (κ1) is 12.2. The summed E-state index contributed by atoms with van der Waals surface area (Å²) in [4.78, 5) is 12.5.